The van der Waals surface area contributed by atoms with E-state index in [2.05, 4.69) is 40.9 Å². The number of carbonyl (C=O) groups excluding carboxylic acids is 1. The van der Waals surface area contributed by atoms with Gasteiger partial charge in [0.15, 0.2) is 17.5 Å². The van der Waals surface area contributed by atoms with Crippen molar-refractivity contribution < 1.29 is 9.18 Å². The molecule has 0 spiro atoms. The molecule has 2 amide bonds. The standard InChI is InChI=1S/C20H29FN8O/c1-11-9-27(12(2)8-26(11)6)19(30)28-10-14-16(20(28,4)5)29(25-17(14)22)18-15(21)7-23-13(3)24-18/h7,11-12H,8-10H2,1-6H3,(H2,22,25)/t11-,12+/m1/s1. The number of carbonyl (C=O) groups is 1. The van der Waals surface area contributed by atoms with Crippen LogP contribution in [0.25, 0.3) is 5.82 Å². The largest absolute Gasteiger partial charge is 0.382 e. The van der Waals surface area contributed by atoms with Crippen LogP contribution in [-0.4, -0.2) is 72.7 Å². The van der Waals surface area contributed by atoms with Gasteiger partial charge in [0.05, 0.1) is 24.0 Å². The Bertz CT molecular complexity index is 1000. The predicted octanol–water partition coefficient (Wildman–Crippen LogP) is 1.89. The van der Waals surface area contributed by atoms with Gasteiger partial charge >= 0.3 is 6.03 Å². The summed E-state index contributed by atoms with van der Waals surface area (Å²) in [5.41, 5.74) is 6.87. The highest BCUT2D eigenvalue weighted by atomic mass is 19.1. The van der Waals surface area contributed by atoms with Crippen LogP contribution in [0.1, 0.15) is 44.8 Å². The number of nitrogens with two attached hydrogens (primary N) is 1. The maximum Gasteiger partial charge on any atom is 0.321 e. The number of nitrogens with zero attached hydrogens (tertiary/aromatic N) is 7. The first-order valence-corrected chi connectivity index (χ1v) is 10.2. The minimum atomic E-state index is -0.741. The van der Waals surface area contributed by atoms with E-state index >= 15 is 0 Å². The van der Waals surface area contributed by atoms with Gasteiger partial charge in [0.1, 0.15) is 5.82 Å². The molecule has 0 unspecified atom stereocenters. The highest BCUT2D eigenvalue weighted by Crippen LogP contribution is 2.43. The van der Waals surface area contributed by atoms with Gasteiger partial charge in [-0.2, -0.15) is 0 Å². The van der Waals surface area contributed by atoms with Gasteiger partial charge in [0.2, 0.25) is 0 Å². The Labute approximate surface area is 175 Å². The van der Waals surface area contributed by atoms with Crippen LogP contribution >= 0.6 is 0 Å². The first-order chi connectivity index (χ1) is 14.0. The third-order valence-electron chi connectivity index (χ3n) is 6.41. The van der Waals surface area contributed by atoms with Crippen LogP contribution < -0.4 is 5.73 Å². The number of aryl methyl sites for hydroxylation is 1. The average Bonchev–Trinajstić information content (AvgIpc) is 3.14. The lowest BCUT2D eigenvalue weighted by molar-refractivity contribution is 0.0454. The van der Waals surface area contributed by atoms with E-state index in [9.17, 15) is 9.18 Å². The molecule has 0 aromatic carbocycles. The summed E-state index contributed by atoms with van der Waals surface area (Å²) in [6.07, 6.45) is 1.13. The van der Waals surface area contributed by atoms with Crippen LogP contribution in [-0.2, 0) is 12.1 Å². The Hall–Kier alpha value is -2.75. The van der Waals surface area contributed by atoms with E-state index < -0.39 is 11.4 Å². The zero-order valence-corrected chi connectivity index (χ0v) is 18.3. The fourth-order valence-corrected chi connectivity index (χ4v) is 4.51. The quantitative estimate of drug-likeness (QED) is 0.763. The van der Waals surface area contributed by atoms with Gasteiger partial charge in [-0.3, -0.25) is 4.90 Å². The van der Waals surface area contributed by atoms with Crippen molar-refractivity contribution >= 4 is 11.8 Å². The van der Waals surface area contributed by atoms with Crippen LogP contribution in [0.5, 0.6) is 0 Å². The van der Waals surface area contributed by atoms with E-state index in [0.29, 0.717) is 24.6 Å². The van der Waals surface area contributed by atoms with Gasteiger partial charge in [-0.25, -0.2) is 23.8 Å². The van der Waals surface area contributed by atoms with Crippen molar-refractivity contribution in [2.45, 2.75) is 58.8 Å². The number of hydrogen-bond acceptors (Lipinski definition) is 6. The molecule has 1 fully saturated rings. The zero-order chi connectivity index (χ0) is 22.0. The minimum absolute atomic E-state index is 0.0411. The second kappa shape index (κ2) is 6.90. The number of fused-ring (bicyclic) bond motifs is 1. The van der Waals surface area contributed by atoms with Crippen LogP contribution in [0.4, 0.5) is 15.0 Å². The number of urea groups is 1. The smallest absolute Gasteiger partial charge is 0.321 e. The van der Waals surface area contributed by atoms with Crippen molar-refractivity contribution in [1.29, 1.82) is 0 Å². The van der Waals surface area contributed by atoms with Crippen molar-refractivity contribution in [2.75, 3.05) is 25.9 Å². The van der Waals surface area contributed by atoms with Crippen LogP contribution in [0.3, 0.4) is 0 Å². The molecule has 30 heavy (non-hydrogen) atoms. The number of aromatic nitrogens is 4. The van der Waals surface area contributed by atoms with E-state index in [-0.39, 0.29) is 29.8 Å². The lowest BCUT2D eigenvalue weighted by Crippen LogP contribution is -2.60. The van der Waals surface area contributed by atoms with Crippen LogP contribution in [0, 0.1) is 12.7 Å². The summed E-state index contributed by atoms with van der Waals surface area (Å²) in [6.45, 7) is 11.5. The summed E-state index contributed by atoms with van der Waals surface area (Å²) in [6, 6.07) is 0.319. The third-order valence-corrected chi connectivity index (χ3v) is 6.41. The summed E-state index contributed by atoms with van der Waals surface area (Å²) in [5, 5.41) is 4.35. The van der Waals surface area contributed by atoms with E-state index in [1.54, 1.807) is 11.8 Å². The minimum Gasteiger partial charge on any atom is -0.382 e. The molecule has 2 atom stereocenters. The second-order valence-corrected chi connectivity index (χ2v) is 8.93. The van der Waals surface area contributed by atoms with Gasteiger partial charge in [0.25, 0.3) is 0 Å². The normalized spacial score (nSPS) is 23.7. The van der Waals surface area contributed by atoms with E-state index in [1.807, 2.05) is 18.7 Å². The second-order valence-electron chi connectivity index (χ2n) is 8.93. The monoisotopic (exact) mass is 416 g/mol. The molecule has 0 saturated carbocycles. The van der Waals surface area contributed by atoms with Crippen molar-refractivity contribution in [1.82, 2.24) is 34.4 Å². The summed E-state index contributed by atoms with van der Waals surface area (Å²) < 4.78 is 16.0. The molecule has 2 N–H and O–H groups in total. The maximum absolute atomic E-state index is 14.5. The van der Waals surface area contributed by atoms with Crippen LogP contribution in [0.15, 0.2) is 6.20 Å². The molecule has 0 aliphatic carbocycles. The molecule has 2 aromatic rings. The summed E-state index contributed by atoms with van der Waals surface area (Å²) in [4.78, 5) is 27.7. The zero-order valence-electron chi connectivity index (χ0n) is 18.3. The van der Waals surface area contributed by atoms with Crippen molar-refractivity contribution in [3.63, 3.8) is 0 Å². The molecule has 4 rings (SSSR count). The summed E-state index contributed by atoms with van der Waals surface area (Å²) >= 11 is 0. The number of halogens is 1. The van der Waals surface area contributed by atoms with Gasteiger partial charge in [0, 0.05) is 30.7 Å². The molecule has 2 aromatic heterocycles. The van der Waals surface area contributed by atoms with Gasteiger partial charge in [-0.1, -0.05) is 0 Å². The summed E-state index contributed by atoms with van der Waals surface area (Å²) in [5.74, 6) is 0.162. The van der Waals surface area contributed by atoms with Crippen molar-refractivity contribution in [3.05, 3.63) is 29.1 Å². The molecule has 2 aliphatic rings. The Kier molecular flexibility index (Phi) is 4.72. The van der Waals surface area contributed by atoms with E-state index in [1.165, 1.54) is 4.68 Å². The van der Waals surface area contributed by atoms with Crippen LogP contribution in [0.2, 0.25) is 0 Å². The fraction of sp³-hybridized carbons (Fsp3) is 0.600. The first-order valence-electron chi connectivity index (χ1n) is 10.2. The number of nitrogen functional groups attached to an aromatic ring is 1. The van der Waals surface area contributed by atoms with Gasteiger partial charge in [-0.15, -0.1) is 5.10 Å². The molecule has 9 nitrogen and oxygen atoms in total. The van der Waals surface area contributed by atoms with Gasteiger partial charge < -0.3 is 15.5 Å². The maximum atomic E-state index is 14.5. The number of amides is 2. The number of piperazine rings is 1. The molecule has 2 aliphatic heterocycles. The SMILES string of the molecule is Cc1ncc(F)c(-n2nc(N)c3c2C(C)(C)N(C(=O)N2C[C@@H](C)N(C)C[C@@H]2C)C3)n1. The molecule has 0 radical (unpaired) electrons. The molecule has 1 saturated heterocycles. The Morgan fingerprint density at radius 1 is 1.27 bits per heavy atom. The topological polar surface area (TPSA) is 96.4 Å². The number of likely N-dealkylation sites (N-methyl/N-ethyl adjacent to an activating group) is 1. The Balaban J connectivity index is 1.73. The number of rotatable bonds is 1. The third kappa shape index (κ3) is 3.01. The molecule has 4 heterocycles. The first kappa shape index (κ1) is 20.5. The van der Waals surface area contributed by atoms with E-state index in [0.717, 1.165) is 18.3 Å². The number of anilines is 1. The molecular weight excluding hydrogens is 387 g/mol. The molecule has 162 valence electrons. The highest BCUT2D eigenvalue weighted by Gasteiger charge is 2.48. The molecule has 10 heteroatoms. The Morgan fingerprint density at radius 3 is 2.67 bits per heavy atom. The lowest BCUT2D eigenvalue weighted by Gasteiger charge is -2.45. The fourth-order valence-electron chi connectivity index (χ4n) is 4.51. The lowest BCUT2D eigenvalue weighted by atomic mass is 10.00. The average molecular weight is 417 g/mol. The number of hydrogen-bond donors (Lipinski definition) is 1. The van der Waals surface area contributed by atoms with Crippen molar-refractivity contribution in [2.24, 2.45) is 0 Å². The molecular formula is C20H29FN8O. The van der Waals surface area contributed by atoms with Gasteiger partial charge in [-0.05, 0) is 41.7 Å². The highest BCUT2D eigenvalue weighted by molar-refractivity contribution is 5.78. The molecule has 0 bridgehead atoms. The van der Waals surface area contributed by atoms with E-state index in [4.69, 9.17) is 5.73 Å². The van der Waals surface area contributed by atoms with Crippen molar-refractivity contribution in [3.8, 4) is 5.82 Å². The summed E-state index contributed by atoms with van der Waals surface area (Å²) in [7, 11) is 2.08. The Morgan fingerprint density at radius 2 is 1.97 bits per heavy atom. The predicted molar refractivity (Wildman–Crippen MR) is 110 cm³/mol.